The molecule has 3 rings (SSSR count). The molecule has 1 aromatic heterocycles. The maximum Gasteiger partial charge on any atom is 0.191 e. The first kappa shape index (κ1) is 22.7. The van der Waals surface area contributed by atoms with E-state index in [0.29, 0.717) is 18.6 Å². The van der Waals surface area contributed by atoms with E-state index in [1.165, 1.54) is 5.56 Å². The summed E-state index contributed by atoms with van der Waals surface area (Å²) in [4.78, 5) is 7.31. The van der Waals surface area contributed by atoms with Crippen LogP contribution in [0.2, 0.25) is 0 Å². The van der Waals surface area contributed by atoms with Gasteiger partial charge in [0.15, 0.2) is 5.96 Å². The van der Waals surface area contributed by atoms with Gasteiger partial charge in [-0.3, -0.25) is 9.58 Å². The number of aliphatic imine (C=N–C) groups is 1. The maximum atomic E-state index is 4.73. The first-order chi connectivity index (χ1) is 13.1. The number of halogens is 1. The number of aryl methyl sites for hydroxylation is 1. The predicted octanol–water partition coefficient (Wildman–Crippen LogP) is 3.15. The zero-order valence-corrected chi connectivity index (χ0v) is 19.5. The van der Waals surface area contributed by atoms with Crippen LogP contribution >= 0.6 is 24.0 Å². The first-order valence-electron chi connectivity index (χ1n) is 9.94. The molecular weight excluding hydrogens is 463 g/mol. The zero-order valence-electron chi connectivity index (χ0n) is 17.1. The Morgan fingerprint density at radius 2 is 2.04 bits per heavy atom. The van der Waals surface area contributed by atoms with Crippen molar-refractivity contribution in [1.29, 1.82) is 0 Å². The Hall–Kier alpha value is -1.61. The smallest absolute Gasteiger partial charge is 0.191 e. The van der Waals surface area contributed by atoms with Crippen molar-refractivity contribution in [1.82, 2.24) is 25.3 Å². The van der Waals surface area contributed by atoms with Crippen molar-refractivity contribution in [3.05, 3.63) is 53.9 Å². The molecule has 1 aromatic carbocycles. The molecule has 7 heteroatoms. The molecule has 0 radical (unpaired) electrons. The largest absolute Gasteiger partial charge is 0.357 e. The molecule has 0 aliphatic carbocycles. The van der Waals surface area contributed by atoms with Crippen molar-refractivity contribution in [3.63, 3.8) is 0 Å². The highest BCUT2D eigenvalue weighted by atomic mass is 127. The van der Waals surface area contributed by atoms with Gasteiger partial charge in [-0.15, -0.1) is 24.0 Å². The van der Waals surface area contributed by atoms with Gasteiger partial charge < -0.3 is 10.6 Å². The lowest BCUT2D eigenvalue weighted by Gasteiger charge is -2.38. The highest BCUT2D eigenvalue weighted by Gasteiger charge is 2.25. The molecule has 1 aliphatic heterocycles. The van der Waals surface area contributed by atoms with E-state index in [4.69, 9.17) is 4.99 Å². The summed E-state index contributed by atoms with van der Waals surface area (Å²) in [5.74, 6) is 0.898. The molecule has 154 valence electrons. The van der Waals surface area contributed by atoms with E-state index in [-0.39, 0.29) is 24.0 Å². The number of aromatic nitrogens is 2. The first-order valence-corrected chi connectivity index (χ1v) is 9.94. The van der Waals surface area contributed by atoms with Crippen LogP contribution in [0.5, 0.6) is 0 Å². The molecule has 2 atom stereocenters. The summed E-state index contributed by atoms with van der Waals surface area (Å²) in [6.45, 7) is 8.08. The van der Waals surface area contributed by atoms with Gasteiger partial charge >= 0.3 is 0 Å². The van der Waals surface area contributed by atoms with Crippen molar-refractivity contribution < 1.29 is 0 Å². The minimum Gasteiger partial charge on any atom is -0.357 e. The Labute approximate surface area is 185 Å². The Kier molecular flexibility index (Phi) is 9.24. The van der Waals surface area contributed by atoms with Gasteiger partial charge in [0, 0.05) is 50.5 Å². The second-order valence-electron chi connectivity index (χ2n) is 7.39. The average Bonchev–Trinajstić information content (AvgIpc) is 3.08. The zero-order chi connectivity index (χ0) is 19.1. The normalized spacial score (nSPS) is 20.5. The molecule has 2 heterocycles. The number of piperidine rings is 1. The SMILES string of the molecule is CCNC(=NCc1cnn(C)c1)NC1CCN(Cc2ccccc2)C(C)C1.I. The molecule has 0 amide bonds. The van der Waals surface area contributed by atoms with Crippen molar-refractivity contribution in [2.24, 2.45) is 12.0 Å². The summed E-state index contributed by atoms with van der Waals surface area (Å²) in [7, 11) is 1.93. The lowest BCUT2D eigenvalue weighted by molar-refractivity contribution is 0.134. The number of hydrogen-bond donors (Lipinski definition) is 2. The maximum absolute atomic E-state index is 4.73. The van der Waals surface area contributed by atoms with Crippen molar-refractivity contribution in [3.8, 4) is 0 Å². The minimum absolute atomic E-state index is 0. The highest BCUT2D eigenvalue weighted by Crippen LogP contribution is 2.20. The Morgan fingerprint density at radius 3 is 2.68 bits per heavy atom. The molecule has 1 saturated heterocycles. The van der Waals surface area contributed by atoms with Gasteiger partial charge in [0.05, 0.1) is 12.7 Å². The summed E-state index contributed by atoms with van der Waals surface area (Å²) < 4.78 is 1.81. The predicted molar refractivity (Wildman–Crippen MR) is 126 cm³/mol. The van der Waals surface area contributed by atoms with E-state index in [1.807, 2.05) is 24.1 Å². The van der Waals surface area contributed by atoms with Crippen LogP contribution in [0.1, 0.15) is 37.8 Å². The van der Waals surface area contributed by atoms with Crippen LogP contribution < -0.4 is 10.6 Å². The fraction of sp³-hybridized carbons (Fsp3) is 0.524. The van der Waals surface area contributed by atoms with E-state index in [9.17, 15) is 0 Å². The van der Waals surface area contributed by atoms with E-state index in [1.54, 1.807) is 0 Å². The fourth-order valence-corrected chi connectivity index (χ4v) is 3.64. The van der Waals surface area contributed by atoms with Crippen LogP contribution in [-0.4, -0.2) is 45.8 Å². The van der Waals surface area contributed by atoms with Crippen LogP contribution in [0.15, 0.2) is 47.7 Å². The van der Waals surface area contributed by atoms with Crippen LogP contribution in [0.4, 0.5) is 0 Å². The number of hydrogen-bond acceptors (Lipinski definition) is 3. The molecule has 1 fully saturated rings. The van der Waals surface area contributed by atoms with Crippen LogP contribution in [0, 0.1) is 0 Å². The third-order valence-electron chi connectivity index (χ3n) is 5.11. The number of likely N-dealkylation sites (tertiary alicyclic amines) is 1. The summed E-state index contributed by atoms with van der Waals surface area (Å²) in [6.07, 6.45) is 6.15. The lowest BCUT2D eigenvalue weighted by atomic mass is 9.97. The van der Waals surface area contributed by atoms with Gasteiger partial charge in [-0.2, -0.15) is 5.10 Å². The summed E-state index contributed by atoms with van der Waals surface area (Å²) in [6, 6.07) is 11.8. The van der Waals surface area contributed by atoms with Gasteiger partial charge in [-0.25, -0.2) is 4.99 Å². The summed E-state index contributed by atoms with van der Waals surface area (Å²) >= 11 is 0. The summed E-state index contributed by atoms with van der Waals surface area (Å²) in [5, 5.41) is 11.2. The molecule has 2 N–H and O–H groups in total. The third kappa shape index (κ3) is 6.77. The third-order valence-corrected chi connectivity index (χ3v) is 5.11. The number of nitrogens with zero attached hydrogens (tertiary/aromatic N) is 4. The molecule has 6 nitrogen and oxygen atoms in total. The standard InChI is InChI=1S/C21H32N6.HI/c1-4-22-21(23-13-19-14-24-26(3)15-19)25-20-10-11-27(17(2)12-20)16-18-8-6-5-7-9-18;/h5-9,14-15,17,20H,4,10-13,16H2,1-3H3,(H2,22,23,25);1H. The minimum atomic E-state index is 0. The Balaban J connectivity index is 0.00000280. The van der Waals surface area contributed by atoms with Gasteiger partial charge in [0.2, 0.25) is 0 Å². The molecular formula is C21H33IN6. The second kappa shape index (κ2) is 11.4. The summed E-state index contributed by atoms with van der Waals surface area (Å²) in [5.41, 5.74) is 2.52. The van der Waals surface area contributed by atoms with Crippen molar-refractivity contribution in [2.45, 2.75) is 51.9 Å². The number of nitrogens with one attached hydrogen (secondary N) is 2. The molecule has 2 unspecified atom stereocenters. The lowest BCUT2D eigenvalue weighted by Crippen LogP contribution is -2.51. The quantitative estimate of drug-likeness (QED) is 0.367. The number of benzene rings is 1. The Morgan fingerprint density at radius 1 is 1.25 bits per heavy atom. The van der Waals surface area contributed by atoms with Crippen molar-refractivity contribution in [2.75, 3.05) is 13.1 Å². The molecule has 0 bridgehead atoms. The van der Waals surface area contributed by atoms with E-state index in [2.05, 4.69) is 64.8 Å². The van der Waals surface area contributed by atoms with Gasteiger partial charge in [-0.1, -0.05) is 30.3 Å². The molecule has 28 heavy (non-hydrogen) atoms. The Bertz CT molecular complexity index is 730. The highest BCUT2D eigenvalue weighted by molar-refractivity contribution is 14.0. The number of rotatable bonds is 6. The fourth-order valence-electron chi connectivity index (χ4n) is 3.64. The van der Waals surface area contributed by atoms with Crippen LogP contribution in [-0.2, 0) is 20.1 Å². The van der Waals surface area contributed by atoms with Crippen LogP contribution in [0.25, 0.3) is 0 Å². The van der Waals surface area contributed by atoms with Gasteiger partial charge in [0.1, 0.15) is 0 Å². The number of guanidine groups is 1. The average molecular weight is 496 g/mol. The van der Waals surface area contributed by atoms with E-state index in [0.717, 1.165) is 44.0 Å². The van der Waals surface area contributed by atoms with E-state index >= 15 is 0 Å². The van der Waals surface area contributed by atoms with Gasteiger partial charge in [0.25, 0.3) is 0 Å². The molecule has 0 saturated carbocycles. The van der Waals surface area contributed by atoms with E-state index < -0.39 is 0 Å². The molecule has 1 aliphatic rings. The second-order valence-corrected chi connectivity index (χ2v) is 7.39. The van der Waals surface area contributed by atoms with Gasteiger partial charge in [-0.05, 0) is 32.3 Å². The monoisotopic (exact) mass is 496 g/mol. The van der Waals surface area contributed by atoms with Crippen molar-refractivity contribution >= 4 is 29.9 Å². The topological polar surface area (TPSA) is 57.5 Å². The molecule has 2 aromatic rings. The van der Waals surface area contributed by atoms with Crippen LogP contribution in [0.3, 0.4) is 0 Å². The molecule has 0 spiro atoms.